The number of para-hydroxylation sites is 2. The molecule has 4 nitrogen and oxygen atoms in total. The maximum atomic E-state index is 12.7. The van der Waals surface area contributed by atoms with E-state index >= 15 is 0 Å². The Labute approximate surface area is 171 Å². The molecule has 2 unspecified atom stereocenters. The predicted octanol–water partition coefficient (Wildman–Crippen LogP) is 4.70. The zero-order valence-electron chi connectivity index (χ0n) is 16.5. The summed E-state index contributed by atoms with van der Waals surface area (Å²) in [6.07, 6.45) is 0. The Morgan fingerprint density at radius 2 is 1.41 bits per heavy atom. The average Bonchev–Trinajstić information content (AvgIpc) is 2.97. The van der Waals surface area contributed by atoms with Crippen molar-refractivity contribution in [2.45, 2.75) is 25.6 Å². The molecule has 4 rings (SSSR count). The van der Waals surface area contributed by atoms with Crippen LogP contribution in [0.15, 0.2) is 102 Å². The number of carbonyl (C=O) groups excluding carboxylic acids is 1. The Kier molecular flexibility index (Phi) is 4.95. The van der Waals surface area contributed by atoms with Crippen LogP contribution in [0.1, 0.15) is 19.4 Å². The third kappa shape index (κ3) is 3.22. The molecule has 3 aromatic carbocycles. The lowest BCUT2D eigenvalue weighted by Gasteiger charge is -2.41. The van der Waals surface area contributed by atoms with Crippen molar-refractivity contribution < 1.29 is 9.90 Å². The summed E-state index contributed by atoms with van der Waals surface area (Å²) in [6, 6.07) is 28.2. The molecule has 2 atom stereocenters. The van der Waals surface area contributed by atoms with E-state index in [0.29, 0.717) is 11.1 Å². The number of aliphatic hydroxyl groups is 1. The van der Waals surface area contributed by atoms with Crippen LogP contribution >= 0.6 is 0 Å². The number of rotatable bonds is 5. The molecule has 0 spiro atoms. The van der Waals surface area contributed by atoms with Gasteiger partial charge in [0.15, 0.2) is 11.5 Å². The zero-order valence-corrected chi connectivity index (χ0v) is 16.5. The number of allylic oxidation sites excluding steroid dienone is 1. The van der Waals surface area contributed by atoms with Crippen LogP contribution in [0.5, 0.6) is 0 Å². The number of hydrogen-bond acceptors (Lipinski definition) is 4. The molecule has 2 N–H and O–H groups in total. The summed E-state index contributed by atoms with van der Waals surface area (Å²) >= 11 is 0. The van der Waals surface area contributed by atoms with Crippen LogP contribution in [0, 0.1) is 0 Å². The Hall–Kier alpha value is -3.37. The van der Waals surface area contributed by atoms with Gasteiger partial charge in [0.25, 0.3) is 0 Å². The smallest absolute Gasteiger partial charge is 0.193 e. The van der Waals surface area contributed by atoms with Gasteiger partial charge in [-0.15, -0.1) is 0 Å². The number of nitrogens with zero attached hydrogens (tertiary/aromatic N) is 1. The van der Waals surface area contributed by atoms with Gasteiger partial charge in [0.05, 0.1) is 0 Å². The molecule has 3 aromatic rings. The molecule has 0 bridgehead atoms. The van der Waals surface area contributed by atoms with Crippen molar-refractivity contribution in [2.75, 3.05) is 10.2 Å². The van der Waals surface area contributed by atoms with Crippen LogP contribution < -0.4 is 10.2 Å². The third-order valence-corrected chi connectivity index (χ3v) is 5.43. The van der Waals surface area contributed by atoms with Crippen LogP contribution in [0.2, 0.25) is 0 Å². The highest BCUT2D eigenvalue weighted by Crippen LogP contribution is 2.47. The van der Waals surface area contributed by atoms with Crippen LogP contribution in [0.4, 0.5) is 11.4 Å². The molecule has 0 aromatic heterocycles. The van der Waals surface area contributed by atoms with Crippen molar-refractivity contribution in [3.05, 3.63) is 108 Å². The first-order chi connectivity index (χ1) is 14.0. The lowest BCUT2D eigenvalue weighted by atomic mass is 9.90. The van der Waals surface area contributed by atoms with Crippen LogP contribution in [0.25, 0.3) is 0 Å². The largest absolute Gasteiger partial charge is 0.373 e. The Morgan fingerprint density at radius 3 is 1.97 bits per heavy atom. The van der Waals surface area contributed by atoms with Gasteiger partial charge in [-0.3, -0.25) is 4.79 Å². The minimum absolute atomic E-state index is 0.0660. The van der Waals surface area contributed by atoms with Crippen LogP contribution in [-0.2, 0) is 10.5 Å². The van der Waals surface area contributed by atoms with E-state index in [1.165, 1.54) is 0 Å². The molecule has 1 heterocycles. The Balaban J connectivity index is 1.93. The van der Waals surface area contributed by atoms with Gasteiger partial charge < -0.3 is 15.3 Å². The number of hydrogen-bond donors (Lipinski definition) is 2. The van der Waals surface area contributed by atoms with Gasteiger partial charge in [0.1, 0.15) is 6.04 Å². The molecule has 0 saturated carbocycles. The minimum Gasteiger partial charge on any atom is -0.373 e. The van der Waals surface area contributed by atoms with Crippen molar-refractivity contribution >= 4 is 17.2 Å². The van der Waals surface area contributed by atoms with Gasteiger partial charge in [-0.2, -0.15) is 0 Å². The van der Waals surface area contributed by atoms with Crippen molar-refractivity contribution in [1.29, 1.82) is 0 Å². The lowest BCUT2D eigenvalue weighted by Crippen LogP contribution is -2.52. The number of nitrogens with one attached hydrogen (secondary N) is 1. The maximum Gasteiger partial charge on any atom is 0.193 e. The SMILES string of the molecule is CC(=O)C1=C(C)N(c2ccccc2)C(O)(c2ccccc2)C1Nc1ccccc1. The number of benzene rings is 3. The molecule has 146 valence electrons. The quantitative estimate of drug-likeness (QED) is 0.670. The first-order valence-corrected chi connectivity index (χ1v) is 9.70. The zero-order chi connectivity index (χ0) is 20.4. The molecule has 1 aliphatic rings. The fourth-order valence-electron chi connectivity index (χ4n) is 4.19. The van der Waals surface area contributed by atoms with Crippen molar-refractivity contribution in [1.82, 2.24) is 0 Å². The summed E-state index contributed by atoms with van der Waals surface area (Å²) in [7, 11) is 0. The van der Waals surface area contributed by atoms with Gasteiger partial charge in [0.2, 0.25) is 0 Å². The van der Waals surface area contributed by atoms with Gasteiger partial charge in [-0.05, 0) is 38.1 Å². The first-order valence-electron chi connectivity index (χ1n) is 9.70. The highest BCUT2D eigenvalue weighted by Gasteiger charge is 2.54. The molecule has 0 aliphatic carbocycles. The maximum absolute atomic E-state index is 12.7. The second-order valence-electron chi connectivity index (χ2n) is 7.26. The summed E-state index contributed by atoms with van der Waals surface area (Å²) in [5.41, 5.74) is 2.23. The number of ketones is 1. The van der Waals surface area contributed by atoms with E-state index in [-0.39, 0.29) is 5.78 Å². The van der Waals surface area contributed by atoms with Gasteiger partial charge in [-0.1, -0.05) is 66.7 Å². The van der Waals surface area contributed by atoms with Crippen LogP contribution in [-0.4, -0.2) is 16.9 Å². The molecule has 0 amide bonds. The van der Waals surface area contributed by atoms with E-state index in [2.05, 4.69) is 5.32 Å². The van der Waals surface area contributed by atoms with Crippen molar-refractivity contribution in [3.63, 3.8) is 0 Å². The van der Waals surface area contributed by atoms with E-state index in [1.54, 1.807) is 6.92 Å². The van der Waals surface area contributed by atoms with Crippen LogP contribution in [0.3, 0.4) is 0 Å². The summed E-state index contributed by atoms with van der Waals surface area (Å²) in [6.45, 7) is 3.45. The molecular weight excluding hydrogens is 360 g/mol. The number of carbonyl (C=O) groups is 1. The van der Waals surface area contributed by atoms with Gasteiger partial charge in [0, 0.05) is 28.2 Å². The summed E-state index contributed by atoms with van der Waals surface area (Å²) in [5.74, 6) is -0.0660. The molecule has 0 fully saturated rings. The predicted molar refractivity (Wildman–Crippen MR) is 116 cm³/mol. The number of anilines is 2. The molecule has 4 heteroatoms. The summed E-state index contributed by atoms with van der Waals surface area (Å²) < 4.78 is 0. The van der Waals surface area contributed by atoms with E-state index in [0.717, 1.165) is 17.1 Å². The second-order valence-corrected chi connectivity index (χ2v) is 7.26. The Morgan fingerprint density at radius 1 is 0.897 bits per heavy atom. The molecule has 29 heavy (non-hydrogen) atoms. The Bertz CT molecular complexity index is 1030. The third-order valence-electron chi connectivity index (χ3n) is 5.43. The van der Waals surface area contributed by atoms with E-state index in [4.69, 9.17) is 0 Å². The highest BCUT2D eigenvalue weighted by molar-refractivity contribution is 5.98. The number of Topliss-reactive ketones (excluding diaryl/α,β-unsaturated/α-hetero) is 1. The molecule has 0 radical (unpaired) electrons. The average molecular weight is 384 g/mol. The minimum atomic E-state index is -1.47. The topological polar surface area (TPSA) is 52.6 Å². The summed E-state index contributed by atoms with van der Waals surface area (Å²) in [4.78, 5) is 14.6. The van der Waals surface area contributed by atoms with E-state index in [9.17, 15) is 9.90 Å². The monoisotopic (exact) mass is 384 g/mol. The van der Waals surface area contributed by atoms with Crippen molar-refractivity contribution in [2.24, 2.45) is 0 Å². The standard InChI is InChI=1S/C25H24N2O2/c1-18-23(19(2)28)24(26-21-14-8-4-9-15-21)25(29,20-12-6-3-7-13-20)27(18)22-16-10-5-11-17-22/h3-17,24,26,29H,1-2H3. The fraction of sp³-hybridized carbons (Fsp3) is 0.160. The van der Waals surface area contributed by atoms with E-state index < -0.39 is 11.8 Å². The van der Waals surface area contributed by atoms with Crippen molar-refractivity contribution in [3.8, 4) is 0 Å². The lowest BCUT2D eigenvalue weighted by molar-refractivity contribution is -0.114. The van der Waals surface area contributed by atoms with E-state index in [1.807, 2.05) is 103 Å². The van der Waals surface area contributed by atoms with Gasteiger partial charge in [-0.25, -0.2) is 0 Å². The molecule has 0 saturated heterocycles. The summed E-state index contributed by atoms with van der Waals surface area (Å²) in [5, 5.41) is 15.7. The second kappa shape index (κ2) is 7.57. The van der Waals surface area contributed by atoms with Gasteiger partial charge >= 0.3 is 0 Å². The molecular formula is C25H24N2O2. The fourth-order valence-corrected chi connectivity index (χ4v) is 4.19. The highest BCUT2D eigenvalue weighted by atomic mass is 16.3. The first kappa shape index (κ1) is 19.0. The normalized spacial score (nSPS) is 21.3. The molecule has 1 aliphatic heterocycles.